The minimum absolute atomic E-state index is 0.143. The molecule has 0 aromatic heterocycles. The van der Waals surface area contributed by atoms with Gasteiger partial charge in [-0.1, -0.05) is 23.2 Å². The molecule has 0 fully saturated rings. The molecular weight excluding hydrogens is 517 g/mol. The molecule has 3 rings (SSSR count). The Morgan fingerprint density at radius 1 is 0.973 bits per heavy atom. The lowest BCUT2D eigenvalue weighted by Crippen LogP contribution is -2.20. The number of rotatable bonds is 10. The van der Waals surface area contributed by atoms with E-state index >= 15 is 0 Å². The van der Waals surface area contributed by atoms with Crippen molar-refractivity contribution < 1.29 is 23.8 Å². The predicted molar refractivity (Wildman–Crippen MR) is 143 cm³/mol. The highest BCUT2D eigenvalue weighted by Crippen LogP contribution is 2.37. The van der Waals surface area contributed by atoms with Crippen molar-refractivity contribution in [1.82, 2.24) is 0 Å². The van der Waals surface area contributed by atoms with Crippen molar-refractivity contribution >= 4 is 52.5 Å². The van der Waals surface area contributed by atoms with E-state index in [1.54, 1.807) is 61.5 Å². The molecule has 0 spiro atoms. The maximum atomic E-state index is 12.6. The van der Waals surface area contributed by atoms with E-state index in [2.05, 4.69) is 10.6 Å². The van der Waals surface area contributed by atoms with Gasteiger partial charge in [0.05, 0.1) is 18.7 Å². The zero-order chi connectivity index (χ0) is 26.8. The molecule has 2 amide bonds. The fourth-order valence-electron chi connectivity index (χ4n) is 3.13. The molecule has 0 aliphatic rings. The van der Waals surface area contributed by atoms with Gasteiger partial charge in [0.2, 0.25) is 0 Å². The fraction of sp³-hybridized carbons (Fsp3) is 0.148. The van der Waals surface area contributed by atoms with Gasteiger partial charge in [-0.3, -0.25) is 9.59 Å². The zero-order valence-electron chi connectivity index (χ0n) is 20.0. The molecule has 3 aromatic rings. The Balaban J connectivity index is 1.75. The second kappa shape index (κ2) is 13.2. The van der Waals surface area contributed by atoms with Gasteiger partial charge < -0.3 is 24.8 Å². The van der Waals surface area contributed by atoms with Crippen molar-refractivity contribution in [2.75, 3.05) is 31.0 Å². The fourth-order valence-corrected chi connectivity index (χ4v) is 3.53. The summed E-state index contributed by atoms with van der Waals surface area (Å²) in [6.07, 6.45) is 1.38. The first-order valence-electron chi connectivity index (χ1n) is 11.0. The maximum absolute atomic E-state index is 12.6. The van der Waals surface area contributed by atoms with Gasteiger partial charge in [-0.25, -0.2) is 0 Å². The Kier molecular flexibility index (Phi) is 9.78. The Morgan fingerprint density at radius 2 is 1.62 bits per heavy atom. The monoisotopic (exact) mass is 539 g/mol. The lowest BCUT2D eigenvalue weighted by Gasteiger charge is -2.15. The van der Waals surface area contributed by atoms with E-state index in [1.165, 1.54) is 19.3 Å². The molecule has 190 valence electrons. The number of hydrogen-bond donors (Lipinski definition) is 2. The number of carbonyl (C=O) groups is 2. The van der Waals surface area contributed by atoms with E-state index < -0.39 is 11.8 Å². The van der Waals surface area contributed by atoms with Gasteiger partial charge in [0, 0.05) is 16.4 Å². The topological polar surface area (TPSA) is 110 Å². The molecule has 0 unspecified atom stereocenters. The summed E-state index contributed by atoms with van der Waals surface area (Å²) in [4.78, 5) is 25.0. The summed E-state index contributed by atoms with van der Waals surface area (Å²) in [5.41, 5.74) is 1.35. The van der Waals surface area contributed by atoms with Crippen molar-refractivity contribution in [2.24, 2.45) is 0 Å². The number of amides is 2. The van der Waals surface area contributed by atoms with Crippen LogP contribution in [0.5, 0.6) is 17.2 Å². The average molecular weight is 540 g/mol. The van der Waals surface area contributed by atoms with Crippen LogP contribution in [0.25, 0.3) is 6.08 Å². The summed E-state index contributed by atoms with van der Waals surface area (Å²) in [5.74, 6) is 0.0474. The molecule has 0 aliphatic carbocycles. The smallest absolute Gasteiger partial charge is 0.266 e. The van der Waals surface area contributed by atoms with Crippen molar-refractivity contribution in [3.8, 4) is 23.3 Å². The van der Waals surface area contributed by atoms with Crippen molar-refractivity contribution in [1.29, 1.82) is 5.26 Å². The second-order valence-electron chi connectivity index (χ2n) is 7.46. The summed E-state index contributed by atoms with van der Waals surface area (Å²) in [7, 11) is 1.54. The Hall–Kier alpha value is -4.19. The van der Waals surface area contributed by atoms with E-state index in [1.807, 2.05) is 6.07 Å². The predicted octanol–water partition coefficient (Wildman–Crippen LogP) is 5.96. The third-order valence-corrected chi connectivity index (χ3v) is 5.36. The normalized spacial score (nSPS) is 10.7. The molecular formula is C27H23Cl2N3O5. The zero-order valence-corrected chi connectivity index (χ0v) is 21.5. The van der Waals surface area contributed by atoms with Crippen molar-refractivity contribution in [3.63, 3.8) is 0 Å². The second-order valence-corrected chi connectivity index (χ2v) is 8.30. The van der Waals surface area contributed by atoms with Gasteiger partial charge in [-0.15, -0.1) is 0 Å². The van der Waals surface area contributed by atoms with Gasteiger partial charge in [-0.05, 0) is 79.2 Å². The molecule has 0 atom stereocenters. The Morgan fingerprint density at radius 3 is 2.24 bits per heavy atom. The minimum Gasteiger partial charge on any atom is -0.497 e. The highest BCUT2D eigenvalue weighted by Gasteiger charge is 2.16. The van der Waals surface area contributed by atoms with Crippen molar-refractivity contribution in [2.45, 2.75) is 6.92 Å². The Bertz CT molecular complexity index is 1330. The number of anilines is 2. The van der Waals surface area contributed by atoms with Crippen LogP contribution in [0.3, 0.4) is 0 Å². The quantitative estimate of drug-likeness (QED) is 0.243. The largest absolute Gasteiger partial charge is 0.497 e. The molecule has 0 saturated carbocycles. The number of nitrogens with zero attached hydrogens (tertiary/aromatic N) is 1. The van der Waals surface area contributed by atoms with Crippen LogP contribution in [0.15, 0.2) is 66.2 Å². The van der Waals surface area contributed by atoms with Crippen molar-refractivity contribution in [3.05, 3.63) is 81.8 Å². The van der Waals surface area contributed by atoms with Crippen LogP contribution in [-0.2, 0) is 9.59 Å². The van der Waals surface area contributed by atoms with Crippen LogP contribution in [-0.4, -0.2) is 32.1 Å². The minimum atomic E-state index is -0.596. The van der Waals surface area contributed by atoms with Gasteiger partial charge in [-0.2, -0.15) is 5.26 Å². The number of nitriles is 1. The lowest BCUT2D eigenvalue weighted by molar-refractivity contribution is -0.118. The number of carbonyl (C=O) groups excluding carboxylic acids is 2. The molecule has 10 heteroatoms. The van der Waals surface area contributed by atoms with E-state index in [4.69, 9.17) is 37.4 Å². The van der Waals surface area contributed by atoms with Gasteiger partial charge >= 0.3 is 0 Å². The van der Waals surface area contributed by atoms with Crippen LogP contribution in [0.1, 0.15) is 12.5 Å². The van der Waals surface area contributed by atoms with Crippen LogP contribution < -0.4 is 24.8 Å². The summed E-state index contributed by atoms with van der Waals surface area (Å²) in [5, 5.41) is 15.6. The van der Waals surface area contributed by atoms with Crippen LogP contribution in [0.2, 0.25) is 10.0 Å². The van der Waals surface area contributed by atoms with Gasteiger partial charge in [0.25, 0.3) is 11.8 Å². The van der Waals surface area contributed by atoms with Gasteiger partial charge in [0.15, 0.2) is 18.1 Å². The first kappa shape index (κ1) is 27.4. The van der Waals surface area contributed by atoms with Crippen LogP contribution in [0, 0.1) is 11.3 Å². The number of benzene rings is 3. The van der Waals surface area contributed by atoms with Gasteiger partial charge in [0.1, 0.15) is 17.4 Å². The molecule has 2 N–H and O–H groups in total. The molecule has 37 heavy (non-hydrogen) atoms. The summed E-state index contributed by atoms with van der Waals surface area (Å²) >= 11 is 12.3. The molecule has 3 aromatic carbocycles. The number of nitrogens with one attached hydrogen (secondary N) is 2. The van der Waals surface area contributed by atoms with Crippen LogP contribution in [0.4, 0.5) is 11.4 Å². The molecule has 0 aliphatic heterocycles. The van der Waals surface area contributed by atoms with E-state index in [0.29, 0.717) is 34.3 Å². The summed E-state index contributed by atoms with van der Waals surface area (Å²) < 4.78 is 16.4. The van der Waals surface area contributed by atoms with E-state index in [0.717, 1.165) is 0 Å². The number of halogens is 2. The standard InChI is InChI=1S/C27H23Cl2N3O5/c1-3-36-24-14-17(12-18(15-30)27(34)32-21-8-10-22(35-2)11-9-21)13-23(29)26(24)37-16-25(33)31-20-6-4-19(28)5-7-20/h4-14H,3,16H2,1-2H3,(H,31,33)(H,32,34)/b18-12+. The molecule has 0 saturated heterocycles. The van der Waals surface area contributed by atoms with Crippen LogP contribution >= 0.6 is 23.2 Å². The number of methoxy groups -OCH3 is 1. The molecule has 8 nitrogen and oxygen atoms in total. The van der Waals surface area contributed by atoms with E-state index in [9.17, 15) is 14.9 Å². The first-order valence-corrected chi connectivity index (χ1v) is 11.8. The molecule has 0 bridgehead atoms. The number of ether oxygens (including phenoxy) is 3. The third-order valence-electron chi connectivity index (χ3n) is 4.83. The third kappa shape index (κ3) is 7.90. The highest BCUT2D eigenvalue weighted by atomic mass is 35.5. The summed E-state index contributed by atoms with van der Waals surface area (Å²) in [6, 6.07) is 18.3. The lowest BCUT2D eigenvalue weighted by atomic mass is 10.1. The maximum Gasteiger partial charge on any atom is 0.266 e. The summed E-state index contributed by atoms with van der Waals surface area (Å²) in [6.45, 7) is 1.74. The average Bonchev–Trinajstić information content (AvgIpc) is 2.88. The highest BCUT2D eigenvalue weighted by molar-refractivity contribution is 6.32. The number of hydrogen-bond acceptors (Lipinski definition) is 6. The van der Waals surface area contributed by atoms with E-state index in [-0.39, 0.29) is 28.7 Å². The first-order chi connectivity index (χ1) is 17.8. The Labute approximate surface area is 224 Å². The SMILES string of the molecule is CCOc1cc(/C=C(\C#N)C(=O)Nc2ccc(OC)cc2)cc(Cl)c1OCC(=O)Nc1ccc(Cl)cc1. The molecule has 0 heterocycles. The molecule has 0 radical (unpaired) electrons.